The quantitative estimate of drug-likeness (QED) is 0.342. The van der Waals surface area contributed by atoms with Crippen LogP contribution in [-0.2, 0) is 14.9 Å². The van der Waals surface area contributed by atoms with E-state index in [9.17, 15) is 9.59 Å². The van der Waals surface area contributed by atoms with Crippen LogP contribution in [0.3, 0.4) is 0 Å². The first-order valence-electron chi connectivity index (χ1n) is 8.56. The normalized spacial score (nSPS) is 12.8. The Morgan fingerprint density at radius 2 is 1.63 bits per heavy atom. The van der Waals surface area contributed by atoms with Crippen molar-refractivity contribution in [3.63, 3.8) is 0 Å². The fourth-order valence-corrected chi connectivity index (χ4v) is 2.72. The van der Waals surface area contributed by atoms with E-state index in [1.807, 2.05) is 12.1 Å². The molecule has 142 valence electrons. The lowest BCUT2D eigenvalue weighted by molar-refractivity contribution is -0.140. The van der Waals surface area contributed by atoms with Crippen molar-refractivity contribution < 1.29 is 14.3 Å². The van der Waals surface area contributed by atoms with E-state index in [0.717, 1.165) is 5.56 Å². The summed E-state index contributed by atoms with van der Waals surface area (Å²) in [7, 11) is 0. The van der Waals surface area contributed by atoms with Crippen LogP contribution in [0.25, 0.3) is 6.08 Å². The molecular weight excluding hydrogens is 383 g/mol. The predicted molar refractivity (Wildman–Crippen MR) is 111 cm³/mol. The van der Waals surface area contributed by atoms with Gasteiger partial charge in [0, 0.05) is 11.6 Å². The first kappa shape index (κ1) is 21.2. The van der Waals surface area contributed by atoms with Crippen LogP contribution < -0.4 is 0 Å². The molecule has 0 spiro atoms. The molecule has 0 aromatic heterocycles. The molecule has 0 bridgehead atoms. The van der Waals surface area contributed by atoms with Gasteiger partial charge >= 0.3 is 5.97 Å². The zero-order valence-corrected chi connectivity index (χ0v) is 17.3. The summed E-state index contributed by atoms with van der Waals surface area (Å²) in [6.07, 6.45) is 1.93. The molecule has 0 radical (unpaired) electrons. The number of carbonyl (C=O) groups is 2. The molecule has 2 aromatic carbocycles. The number of esters is 1. The number of rotatable bonds is 5. The van der Waals surface area contributed by atoms with Gasteiger partial charge in [-0.1, -0.05) is 74.3 Å². The summed E-state index contributed by atoms with van der Waals surface area (Å²) in [4.78, 5) is 24.4. The summed E-state index contributed by atoms with van der Waals surface area (Å²) in [6, 6.07) is 12.4. The Labute approximate surface area is 169 Å². The Kier molecular flexibility index (Phi) is 6.85. The van der Waals surface area contributed by atoms with Gasteiger partial charge in [0.1, 0.15) is 0 Å². The number of hydrogen-bond donors (Lipinski definition) is 0. The maximum absolute atomic E-state index is 12.5. The highest BCUT2D eigenvalue weighted by molar-refractivity contribution is 6.42. The third-order valence-corrected chi connectivity index (χ3v) is 4.79. The van der Waals surface area contributed by atoms with Crippen LogP contribution in [0.4, 0.5) is 0 Å². The average molecular weight is 405 g/mol. The number of benzene rings is 2. The number of carbonyl (C=O) groups excluding carboxylic acids is 2. The third-order valence-electron chi connectivity index (χ3n) is 4.05. The lowest BCUT2D eigenvalue weighted by Crippen LogP contribution is -2.23. The second-order valence-electron chi connectivity index (χ2n) is 7.28. The van der Waals surface area contributed by atoms with Gasteiger partial charge in [0.15, 0.2) is 6.10 Å². The van der Waals surface area contributed by atoms with E-state index in [0.29, 0.717) is 21.2 Å². The Hall–Kier alpha value is -2.10. The van der Waals surface area contributed by atoms with E-state index in [2.05, 4.69) is 20.8 Å². The van der Waals surface area contributed by atoms with E-state index in [4.69, 9.17) is 27.9 Å². The molecule has 0 fully saturated rings. The summed E-state index contributed by atoms with van der Waals surface area (Å²) in [5, 5.41) is 0.836. The van der Waals surface area contributed by atoms with Crippen LogP contribution in [0.5, 0.6) is 0 Å². The Morgan fingerprint density at radius 3 is 2.19 bits per heavy atom. The molecule has 0 N–H and O–H groups in total. The maximum Gasteiger partial charge on any atom is 0.331 e. The van der Waals surface area contributed by atoms with E-state index in [1.54, 1.807) is 43.3 Å². The van der Waals surface area contributed by atoms with E-state index in [1.165, 1.54) is 6.08 Å². The fraction of sp³-hybridized carbons (Fsp3) is 0.273. The Balaban J connectivity index is 1.99. The minimum atomic E-state index is -0.878. The molecular formula is C22H22Cl2O3. The van der Waals surface area contributed by atoms with Crippen molar-refractivity contribution in [3.8, 4) is 0 Å². The molecule has 1 unspecified atom stereocenters. The van der Waals surface area contributed by atoms with Gasteiger partial charge in [0.25, 0.3) is 0 Å². The minimum Gasteiger partial charge on any atom is -0.451 e. The lowest BCUT2D eigenvalue weighted by Gasteiger charge is -2.19. The molecule has 2 rings (SSSR count). The molecule has 0 aliphatic rings. The lowest BCUT2D eigenvalue weighted by atomic mass is 9.86. The second-order valence-corrected chi connectivity index (χ2v) is 8.09. The summed E-state index contributed by atoms with van der Waals surface area (Å²) >= 11 is 11.8. The summed E-state index contributed by atoms with van der Waals surface area (Å²) in [5.74, 6) is -0.847. The number of halogens is 2. The number of Topliss-reactive ketones (excluding diaryl/α,β-unsaturated/α-hetero) is 1. The van der Waals surface area contributed by atoms with Gasteiger partial charge in [-0.25, -0.2) is 4.79 Å². The van der Waals surface area contributed by atoms with Crippen molar-refractivity contribution in [2.75, 3.05) is 0 Å². The van der Waals surface area contributed by atoms with Gasteiger partial charge in [-0.05, 0) is 41.7 Å². The van der Waals surface area contributed by atoms with Crippen LogP contribution in [0.1, 0.15) is 49.2 Å². The molecule has 0 aliphatic carbocycles. The third kappa shape index (κ3) is 5.95. The van der Waals surface area contributed by atoms with E-state index < -0.39 is 12.1 Å². The molecule has 0 aliphatic heterocycles. The SMILES string of the molecule is CC(OC(=O)/C=C/c1ccc(Cl)c(Cl)c1)C(=O)c1ccc(C(C)(C)C)cc1. The molecule has 5 heteroatoms. The highest BCUT2D eigenvalue weighted by Gasteiger charge is 2.20. The van der Waals surface area contributed by atoms with Gasteiger partial charge in [-0.3, -0.25) is 4.79 Å². The topological polar surface area (TPSA) is 43.4 Å². The van der Waals surface area contributed by atoms with Crippen molar-refractivity contribution >= 4 is 41.0 Å². The zero-order chi connectivity index (χ0) is 20.2. The number of ether oxygens (including phenoxy) is 1. The van der Waals surface area contributed by atoms with Crippen molar-refractivity contribution in [1.82, 2.24) is 0 Å². The minimum absolute atomic E-state index is 0.00895. The van der Waals surface area contributed by atoms with Crippen molar-refractivity contribution in [2.24, 2.45) is 0 Å². The van der Waals surface area contributed by atoms with Gasteiger partial charge in [-0.15, -0.1) is 0 Å². The fourth-order valence-electron chi connectivity index (χ4n) is 2.42. The standard InChI is InChI=1S/C22H22Cl2O3/c1-14(21(26)16-7-9-17(10-8-16)22(2,3)4)27-20(25)12-6-15-5-11-18(23)19(24)13-15/h5-14H,1-4H3/b12-6+. The summed E-state index contributed by atoms with van der Waals surface area (Å²) in [5.41, 5.74) is 2.36. The Morgan fingerprint density at radius 1 is 1.00 bits per heavy atom. The van der Waals surface area contributed by atoms with Crippen LogP contribution in [0.2, 0.25) is 10.0 Å². The Bertz CT molecular complexity index is 862. The summed E-state index contributed by atoms with van der Waals surface area (Å²) in [6.45, 7) is 7.88. The maximum atomic E-state index is 12.5. The highest BCUT2D eigenvalue weighted by Crippen LogP contribution is 2.24. The predicted octanol–water partition coefficient (Wildman–Crippen LogP) is 6.12. The van der Waals surface area contributed by atoms with Gasteiger partial charge in [0.2, 0.25) is 5.78 Å². The first-order valence-corrected chi connectivity index (χ1v) is 9.32. The van der Waals surface area contributed by atoms with Gasteiger partial charge in [-0.2, -0.15) is 0 Å². The van der Waals surface area contributed by atoms with E-state index in [-0.39, 0.29) is 11.2 Å². The van der Waals surface area contributed by atoms with Crippen LogP contribution >= 0.6 is 23.2 Å². The van der Waals surface area contributed by atoms with Crippen molar-refractivity contribution in [2.45, 2.75) is 39.2 Å². The average Bonchev–Trinajstić information content (AvgIpc) is 2.61. The molecule has 3 nitrogen and oxygen atoms in total. The monoisotopic (exact) mass is 404 g/mol. The zero-order valence-electron chi connectivity index (χ0n) is 15.8. The van der Waals surface area contributed by atoms with Crippen molar-refractivity contribution in [3.05, 3.63) is 75.3 Å². The van der Waals surface area contributed by atoms with Gasteiger partial charge < -0.3 is 4.74 Å². The molecule has 0 saturated carbocycles. The van der Waals surface area contributed by atoms with E-state index >= 15 is 0 Å². The molecule has 0 heterocycles. The first-order chi connectivity index (χ1) is 12.6. The molecule has 2 aromatic rings. The van der Waals surface area contributed by atoms with Crippen LogP contribution in [0, 0.1) is 0 Å². The molecule has 0 saturated heterocycles. The largest absolute Gasteiger partial charge is 0.451 e. The van der Waals surface area contributed by atoms with Crippen molar-refractivity contribution in [1.29, 1.82) is 0 Å². The molecule has 1 atom stereocenters. The number of hydrogen-bond acceptors (Lipinski definition) is 3. The van der Waals surface area contributed by atoms with Crippen LogP contribution in [0.15, 0.2) is 48.5 Å². The second kappa shape index (κ2) is 8.73. The van der Waals surface area contributed by atoms with Gasteiger partial charge in [0.05, 0.1) is 10.0 Å². The van der Waals surface area contributed by atoms with Crippen LogP contribution in [-0.4, -0.2) is 17.9 Å². The molecule has 0 amide bonds. The smallest absolute Gasteiger partial charge is 0.331 e. The molecule has 27 heavy (non-hydrogen) atoms. The summed E-state index contributed by atoms with van der Waals surface area (Å²) < 4.78 is 5.21. The highest BCUT2D eigenvalue weighted by atomic mass is 35.5. The number of ketones is 1.